The highest BCUT2D eigenvalue weighted by Crippen LogP contribution is 2.24. The Bertz CT molecular complexity index is 556. The van der Waals surface area contributed by atoms with Crippen molar-refractivity contribution < 1.29 is 17.9 Å². The van der Waals surface area contributed by atoms with E-state index in [4.69, 9.17) is 16.3 Å². The largest absolute Gasteiger partial charge is 0.494 e. The Morgan fingerprint density at radius 1 is 1.35 bits per heavy atom. The molecule has 0 aliphatic carbocycles. The van der Waals surface area contributed by atoms with E-state index in [0.717, 1.165) is 17.0 Å². The van der Waals surface area contributed by atoms with Crippen LogP contribution < -0.4 is 9.04 Å². The zero-order valence-corrected chi connectivity index (χ0v) is 13.2. The van der Waals surface area contributed by atoms with Crippen molar-refractivity contribution in [2.75, 3.05) is 17.2 Å². The van der Waals surface area contributed by atoms with Crippen LogP contribution in [0.2, 0.25) is 0 Å². The maximum Gasteiger partial charge on any atom is 0.245 e. The third kappa shape index (κ3) is 4.38. The van der Waals surface area contributed by atoms with Crippen LogP contribution in [0.1, 0.15) is 20.3 Å². The van der Waals surface area contributed by atoms with E-state index < -0.39 is 21.3 Å². The number of anilines is 1. The number of rotatable bonds is 7. The van der Waals surface area contributed by atoms with Gasteiger partial charge in [-0.25, -0.2) is 8.42 Å². The SMILES string of the molecule is CCCOc1ccc(N(C(C)C(=O)Cl)S(C)(=O)=O)cc1. The molecule has 0 N–H and O–H groups in total. The molecular weight excluding hydrogens is 302 g/mol. The van der Waals surface area contributed by atoms with Crippen molar-refractivity contribution >= 4 is 32.6 Å². The van der Waals surface area contributed by atoms with Crippen LogP contribution in [-0.2, 0) is 14.8 Å². The highest BCUT2D eigenvalue weighted by atomic mass is 35.5. The van der Waals surface area contributed by atoms with Gasteiger partial charge in [0.15, 0.2) is 0 Å². The van der Waals surface area contributed by atoms with E-state index in [0.29, 0.717) is 18.0 Å². The molecule has 1 atom stereocenters. The molecule has 0 heterocycles. The van der Waals surface area contributed by atoms with Crippen molar-refractivity contribution in [3.63, 3.8) is 0 Å². The van der Waals surface area contributed by atoms with Gasteiger partial charge >= 0.3 is 0 Å². The lowest BCUT2D eigenvalue weighted by molar-refractivity contribution is -0.112. The zero-order chi connectivity index (χ0) is 15.3. The normalized spacial score (nSPS) is 12.8. The van der Waals surface area contributed by atoms with Crippen molar-refractivity contribution in [2.45, 2.75) is 26.3 Å². The highest BCUT2D eigenvalue weighted by molar-refractivity contribution is 7.92. The molecule has 0 aromatic heterocycles. The van der Waals surface area contributed by atoms with Crippen molar-refractivity contribution in [3.05, 3.63) is 24.3 Å². The summed E-state index contributed by atoms with van der Waals surface area (Å²) < 4.78 is 30.1. The van der Waals surface area contributed by atoms with E-state index in [2.05, 4.69) is 0 Å². The van der Waals surface area contributed by atoms with Crippen LogP contribution in [0.15, 0.2) is 24.3 Å². The zero-order valence-electron chi connectivity index (χ0n) is 11.7. The van der Waals surface area contributed by atoms with Crippen LogP contribution in [-0.4, -0.2) is 32.6 Å². The first-order valence-corrected chi connectivity index (χ1v) is 8.41. The summed E-state index contributed by atoms with van der Waals surface area (Å²) >= 11 is 5.41. The third-order valence-electron chi connectivity index (χ3n) is 2.60. The Morgan fingerprint density at radius 3 is 2.30 bits per heavy atom. The maximum atomic E-state index is 11.8. The number of hydrogen-bond donors (Lipinski definition) is 0. The van der Waals surface area contributed by atoms with Gasteiger partial charge in [0.2, 0.25) is 15.3 Å². The summed E-state index contributed by atoms with van der Waals surface area (Å²) in [4.78, 5) is 11.2. The molecule has 0 aliphatic heterocycles. The Labute approximate surface area is 124 Å². The molecule has 0 bridgehead atoms. The van der Waals surface area contributed by atoms with Gasteiger partial charge in [-0.3, -0.25) is 9.10 Å². The molecule has 1 aromatic carbocycles. The fourth-order valence-corrected chi connectivity index (χ4v) is 3.03. The van der Waals surface area contributed by atoms with Crippen molar-refractivity contribution in [1.29, 1.82) is 0 Å². The third-order valence-corrected chi connectivity index (χ3v) is 4.16. The molecule has 1 aromatic rings. The van der Waals surface area contributed by atoms with Crippen LogP contribution in [0.5, 0.6) is 5.75 Å². The molecule has 0 fully saturated rings. The fraction of sp³-hybridized carbons (Fsp3) is 0.462. The predicted molar refractivity (Wildman–Crippen MR) is 79.9 cm³/mol. The summed E-state index contributed by atoms with van der Waals surface area (Å²) in [7, 11) is -3.60. The minimum Gasteiger partial charge on any atom is -0.494 e. The topological polar surface area (TPSA) is 63.7 Å². The van der Waals surface area contributed by atoms with Gasteiger partial charge in [0, 0.05) is 0 Å². The predicted octanol–water partition coefficient (Wildman–Crippen LogP) is 2.40. The van der Waals surface area contributed by atoms with E-state index in [1.807, 2.05) is 6.92 Å². The molecule has 112 valence electrons. The molecule has 0 aliphatic rings. The molecule has 0 spiro atoms. The maximum absolute atomic E-state index is 11.8. The quantitative estimate of drug-likeness (QED) is 0.724. The molecular formula is C13H18ClNO4S. The smallest absolute Gasteiger partial charge is 0.245 e. The lowest BCUT2D eigenvalue weighted by atomic mass is 10.2. The van der Waals surface area contributed by atoms with Gasteiger partial charge in [-0.1, -0.05) is 6.92 Å². The summed E-state index contributed by atoms with van der Waals surface area (Å²) in [6.07, 6.45) is 1.92. The number of halogens is 1. The van der Waals surface area contributed by atoms with E-state index >= 15 is 0 Å². The molecule has 7 heteroatoms. The van der Waals surface area contributed by atoms with Crippen LogP contribution in [0, 0.1) is 0 Å². The number of hydrogen-bond acceptors (Lipinski definition) is 4. The average Bonchev–Trinajstić information content (AvgIpc) is 2.36. The summed E-state index contributed by atoms with van der Waals surface area (Å²) in [5.41, 5.74) is 0.373. The number of sulfonamides is 1. The van der Waals surface area contributed by atoms with Crippen molar-refractivity contribution in [3.8, 4) is 5.75 Å². The molecule has 1 unspecified atom stereocenters. The molecule has 0 saturated heterocycles. The van der Waals surface area contributed by atoms with Crippen LogP contribution >= 0.6 is 11.6 Å². The Hall–Kier alpha value is -1.27. The van der Waals surface area contributed by atoms with Gasteiger partial charge in [-0.05, 0) is 49.2 Å². The van der Waals surface area contributed by atoms with E-state index in [-0.39, 0.29) is 0 Å². The molecule has 20 heavy (non-hydrogen) atoms. The lowest BCUT2D eigenvalue weighted by Crippen LogP contribution is -2.41. The molecule has 5 nitrogen and oxygen atoms in total. The van der Waals surface area contributed by atoms with E-state index in [1.165, 1.54) is 6.92 Å². The summed E-state index contributed by atoms with van der Waals surface area (Å²) in [6.45, 7) is 4.02. The Kier molecular flexibility index (Phi) is 5.83. The fourth-order valence-electron chi connectivity index (χ4n) is 1.70. The molecule has 0 saturated carbocycles. The van der Waals surface area contributed by atoms with Crippen molar-refractivity contribution in [1.82, 2.24) is 0 Å². The van der Waals surface area contributed by atoms with Gasteiger partial charge in [-0.15, -0.1) is 0 Å². The summed E-state index contributed by atoms with van der Waals surface area (Å²) in [5.74, 6) is 0.647. The van der Waals surface area contributed by atoms with Crippen molar-refractivity contribution in [2.24, 2.45) is 0 Å². The summed E-state index contributed by atoms with van der Waals surface area (Å²) in [6, 6.07) is 5.53. The monoisotopic (exact) mass is 319 g/mol. The highest BCUT2D eigenvalue weighted by Gasteiger charge is 2.27. The second-order valence-corrected chi connectivity index (χ2v) is 6.61. The van der Waals surface area contributed by atoms with Gasteiger partial charge in [0.1, 0.15) is 11.8 Å². The first kappa shape index (κ1) is 16.8. The van der Waals surface area contributed by atoms with E-state index in [9.17, 15) is 13.2 Å². The minimum atomic E-state index is -3.60. The van der Waals surface area contributed by atoms with E-state index in [1.54, 1.807) is 24.3 Å². The second kappa shape index (κ2) is 6.95. The Balaban J connectivity index is 3.07. The van der Waals surface area contributed by atoms with Crippen LogP contribution in [0.25, 0.3) is 0 Å². The Morgan fingerprint density at radius 2 is 1.90 bits per heavy atom. The first-order chi connectivity index (χ1) is 9.27. The first-order valence-electron chi connectivity index (χ1n) is 6.19. The van der Waals surface area contributed by atoms with Gasteiger partial charge in [0.25, 0.3) is 0 Å². The molecule has 0 amide bonds. The average molecular weight is 320 g/mol. The van der Waals surface area contributed by atoms with Crippen LogP contribution in [0.3, 0.4) is 0 Å². The molecule has 1 rings (SSSR count). The number of nitrogens with zero attached hydrogens (tertiary/aromatic N) is 1. The molecule has 0 radical (unpaired) electrons. The van der Waals surface area contributed by atoms with Gasteiger partial charge < -0.3 is 4.74 Å². The van der Waals surface area contributed by atoms with Gasteiger partial charge in [-0.2, -0.15) is 0 Å². The second-order valence-electron chi connectivity index (χ2n) is 4.38. The number of ether oxygens (including phenoxy) is 1. The standard InChI is InChI=1S/C13H18ClNO4S/c1-4-9-19-12-7-5-11(6-8-12)15(20(3,17)18)10(2)13(14)16/h5-8,10H,4,9H2,1-3H3. The number of benzene rings is 1. The number of carbonyl (C=O) groups is 1. The lowest BCUT2D eigenvalue weighted by Gasteiger charge is -2.26. The summed E-state index contributed by atoms with van der Waals surface area (Å²) in [5, 5.41) is -0.735. The van der Waals surface area contributed by atoms with Gasteiger partial charge in [0.05, 0.1) is 18.6 Å². The van der Waals surface area contributed by atoms with Crippen LogP contribution in [0.4, 0.5) is 5.69 Å². The number of carbonyl (C=O) groups excluding carboxylic acids is 1. The minimum absolute atomic E-state index is 0.373.